The molecule has 0 heterocycles. The standard InChI is InChI=1S/C22H34N2O3.ClH/c1-4-5-6-14-26-19-9-7-8-18(15-19)23-22(25)27-21-17-12-10-16(11-13-17)20(21)24(2)3;/h7-9,15-17,20-21H,4-6,10-14H2,1-3H3,(H,23,25);1H/t16?,17?,20-,21-;/m0./s1. The van der Waals surface area contributed by atoms with Gasteiger partial charge in [0.1, 0.15) is 11.9 Å². The zero-order valence-corrected chi connectivity index (χ0v) is 18.2. The van der Waals surface area contributed by atoms with Crippen molar-refractivity contribution in [2.24, 2.45) is 11.8 Å². The molecule has 2 atom stereocenters. The predicted molar refractivity (Wildman–Crippen MR) is 116 cm³/mol. The van der Waals surface area contributed by atoms with Gasteiger partial charge in [-0.15, -0.1) is 12.4 Å². The molecular formula is C22H35ClN2O3. The van der Waals surface area contributed by atoms with Gasteiger partial charge in [-0.1, -0.05) is 25.8 Å². The summed E-state index contributed by atoms with van der Waals surface area (Å²) in [7, 11) is 4.19. The lowest BCUT2D eigenvalue weighted by Gasteiger charge is -2.50. The van der Waals surface area contributed by atoms with Crippen LogP contribution in [0.2, 0.25) is 0 Å². The van der Waals surface area contributed by atoms with E-state index in [0.29, 0.717) is 24.5 Å². The number of unbranched alkanes of at least 4 members (excludes halogenated alkanes) is 2. The van der Waals surface area contributed by atoms with E-state index in [4.69, 9.17) is 9.47 Å². The number of carbonyl (C=O) groups excluding carboxylic acids is 1. The quantitative estimate of drug-likeness (QED) is 0.587. The first kappa shape index (κ1) is 22.8. The molecule has 0 saturated heterocycles. The van der Waals surface area contributed by atoms with Gasteiger partial charge in [0.25, 0.3) is 0 Å². The molecule has 1 aromatic carbocycles. The fourth-order valence-corrected chi connectivity index (χ4v) is 4.72. The molecule has 1 amide bonds. The van der Waals surface area contributed by atoms with E-state index in [1.54, 1.807) is 0 Å². The zero-order valence-electron chi connectivity index (χ0n) is 17.4. The van der Waals surface area contributed by atoms with Crippen LogP contribution in [0.5, 0.6) is 5.75 Å². The van der Waals surface area contributed by atoms with Crippen LogP contribution < -0.4 is 10.1 Å². The predicted octanol–water partition coefficient (Wildman–Crippen LogP) is 5.34. The molecule has 158 valence electrons. The van der Waals surface area contributed by atoms with Crippen LogP contribution in [0, 0.1) is 11.8 Å². The fraction of sp³-hybridized carbons (Fsp3) is 0.682. The molecule has 0 aliphatic heterocycles. The third-order valence-electron chi connectivity index (χ3n) is 6.04. The van der Waals surface area contributed by atoms with Crippen molar-refractivity contribution in [1.82, 2.24) is 4.90 Å². The Morgan fingerprint density at radius 1 is 1.14 bits per heavy atom. The zero-order chi connectivity index (χ0) is 19.2. The maximum absolute atomic E-state index is 12.5. The summed E-state index contributed by atoms with van der Waals surface area (Å²) in [6.07, 6.45) is 7.88. The number of hydrogen-bond donors (Lipinski definition) is 1. The summed E-state index contributed by atoms with van der Waals surface area (Å²) in [5, 5.41) is 2.89. The number of likely N-dealkylation sites (N-methyl/N-ethyl adjacent to an activating group) is 1. The first-order valence-corrected chi connectivity index (χ1v) is 10.5. The smallest absolute Gasteiger partial charge is 0.411 e. The Bertz CT molecular complexity index is 618. The molecule has 28 heavy (non-hydrogen) atoms. The number of nitrogens with zero attached hydrogens (tertiary/aromatic N) is 1. The monoisotopic (exact) mass is 410 g/mol. The molecule has 0 spiro atoms. The third kappa shape index (κ3) is 5.77. The van der Waals surface area contributed by atoms with Crippen molar-refractivity contribution in [1.29, 1.82) is 0 Å². The van der Waals surface area contributed by atoms with E-state index in [-0.39, 0.29) is 24.6 Å². The van der Waals surface area contributed by atoms with E-state index in [1.807, 2.05) is 24.3 Å². The number of nitrogens with one attached hydrogen (secondary N) is 1. The number of amides is 1. The van der Waals surface area contributed by atoms with Crippen LogP contribution >= 0.6 is 12.4 Å². The molecule has 2 bridgehead atoms. The lowest BCUT2D eigenvalue weighted by atomic mass is 9.65. The molecule has 4 rings (SSSR count). The van der Waals surface area contributed by atoms with Crippen molar-refractivity contribution in [3.8, 4) is 5.75 Å². The van der Waals surface area contributed by atoms with Gasteiger partial charge in [-0.25, -0.2) is 4.79 Å². The van der Waals surface area contributed by atoms with Crippen LogP contribution in [0.4, 0.5) is 10.5 Å². The molecule has 1 aromatic rings. The molecular weight excluding hydrogens is 376 g/mol. The largest absolute Gasteiger partial charge is 0.494 e. The molecule has 6 heteroatoms. The molecule has 0 radical (unpaired) electrons. The van der Waals surface area contributed by atoms with Crippen molar-refractivity contribution in [2.45, 2.75) is 64.0 Å². The number of ether oxygens (including phenoxy) is 2. The van der Waals surface area contributed by atoms with Crippen molar-refractivity contribution in [3.63, 3.8) is 0 Å². The highest BCUT2D eigenvalue weighted by Gasteiger charge is 2.46. The van der Waals surface area contributed by atoms with Crippen LogP contribution in [0.3, 0.4) is 0 Å². The summed E-state index contributed by atoms with van der Waals surface area (Å²) in [5.41, 5.74) is 0.718. The number of rotatable bonds is 8. The van der Waals surface area contributed by atoms with Crippen LogP contribution in [-0.2, 0) is 4.74 Å². The first-order chi connectivity index (χ1) is 13.1. The van der Waals surface area contributed by atoms with Crippen LogP contribution in [-0.4, -0.2) is 43.8 Å². The Labute approximate surface area is 175 Å². The summed E-state index contributed by atoms with van der Waals surface area (Å²) >= 11 is 0. The van der Waals surface area contributed by atoms with Gasteiger partial charge in [-0.3, -0.25) is 5.32 Å². The first-order valence-electron chi connectivity index (χ1n) is 10.5. The maximum atomic E-state index is 12.5. The molecule has 0 aromatic heterocycles. The number of hydrogen-bond acceptors (Lipinski definition) is 4. The Balaban J connectivity index is 0.00000280. The number of fused-ring (bicyclic) bond motifs is 3. The van der Waals surface area contributed by atoms with E-state index in [0.717, 1.165) is 17.9 Å². The molecule has 0 unspecified atom stereocenters. The van der Waals surface area contributed by atoms with Crippen LogP contribution in [0.1, 0.15) is 51.9 Å². The number of carbonyl (C=O) groups is 1. The molecule has 3 saturated carbocycles. The Morgan fingerprint density at radius 3 is 2.54 bits per heavy atom. The van der Waals surface area contributed by atoms with Gasteiger partial charge in [0, 0.05) is 17.8 Å². The fourth-order valence-electron chi connectivity index (χ4n) is 4.72. The Morgan fingerprint density at radius 2 is 1.86 bits per heavy atom. The topological polar surface area (TPSA) is 50.8 Å². The van der Waals surface area contributed by atoms with E-state index in [9.17, 15) is 4.79 Å². The van der Waals surface area contributed by atoms with Gasteiger partial charge < -0.3 is 14.4 Å². The summed E-state index contributed by atoms with van der Waals surface area (Å²) in [6.45, 7) is 2.88. The number of anilines is 1. The van der Waals surface area contributed by atoms with Crippen LogP contribution in [0.25, 0.3) is 0 Å². The lowest BCUT2D eigenvalue weighted by Crippen LogP contribution is -2.56. The highest BCUT2D eigenvalue weighted by atomic mass is 35.5. The minimum absolute atomic E-state index is 0. The van der Waals surface area contributed by atoms with Crippen LogP contribution in [0.15, 0.2) is 24.3 Å². The summed E-state index contributed by atoms with van der Waals surface area (Å²) in [4.78, 5) is 14.8. The van der Waals surface area contributed by atoms with E-state index in [1.165, 1.54) is 38.5 Å². The van der Waals surface area contributed by atoms with E-state index >= 15 is 0 Å². The number of benzene rings is 1. The van der Waals surface area contributed by atoms with Gasteiger partial charge in [-0.2, -0.15) is 0 Å². The average Bonchev–Trinajstić information content (AvgIpc) is 2.66. The van der Waals surface area contributed by atoms with Gasteiger partial charge in [0.15, 0.2) is 0 Å². The molecule has 3 aliphatic carbocycles. The third-order valence-corrected chi connectivity index (χ3v) is 6.04. The summed E-state index contributed by atoms with van der Waals surface area (Å²) < 4.78 is 11.7. The van der Waals surface area contributed by atoms with E-state index in [2.05, 4.69) is 31.2 Å². The summed E-state index contributed by atoms with van der Waals surface area (Å²) in [5.74, 6) is 1.91. The number of halogens is 1. The SMILES string of the molecule is CCCCCOc1cccc(NC(=O)O[C@H]2C3CCC(CC3)[C@@H]2N(C)C)c1.Cl. The van der Waals surface area contributed by atoms with Gasteiger partial charge in [-0.05, 0) is 70.2 Å². The Hall–Kier alpha value is -1.46. The second kappa shape index (κ2) is 10.9. The lowest BCUT2D eigenvalue weighted by molar-refractivity contribution is -0.0703. The van der Waals surface area contributed by atoms with Crippen molar-refractivity contribution in [2.75, 3.05) is 26.0 Å². The van der Waals surface area contributed by atoms with Gasteiger partial charge in [0.05, 0.1) is 6.61 Å². The van der Waals surface area contributed by atoms with Crippen molar-refractivity contribution in [3.05, 3.63) is 24.3 Å². The van der Waals surface area contributed by atoms with Gasteiger partial charge >= 0.3 is 6.09 Å². The maximum Gasteiger partial charge on any atom is 0.411 e. The highest BCUT2D eigenvalue weighted by molar-refractivity contribution is 5.85. The average molecular weight is 411 g/mol. The van der Waals surface area contributed by atoms with Gasteiger partial charge in [0.2, 0.25) is 0 Å². The van der Waals surface area contributed by atoms with Crippen molar-refractivity contribution < 1.29 is 14.3 Å². The second-order valence-corrected chi connectivity index (χ2v) is 8.21. The minimum Gasteiger partial charge on any atom is -0.494 e. The minimum atomic E-state index is -0.359. The Kier molecular flexibility index (Phi) is 8.90. The normalized spacial score (nSPS) is 25.9. The van der Waals surface area contributed by atoms with E-state index < -0.39 is 0 Å². The molecule has 3 aliphatic rings. The highest BCUT2D eigenvalue weighted by Crippen LogP contribution is 2.44. The molecule has 3 fully saturated rings. The molecule has 5 nitrogen and oxygen atoms in total. The second-order valence-electron chi connectivity index (χ2n) is 8.21. The summed E-state index contributed by atoms with van der Waals surface area (Å²) in [6, 6.07) is 7.89. The molecule has 1 N–H and O–H groups in total. The van der Waals surface area contributed by atoms with Crippen molar-refractivity contribution >= 4 is 24.2 Å².